The Balaban J connectivity index is 1.92. The van der Waals surface area contributed by atoms with E-state index in [9.17, 15) is 13.2 Å². The van der Waals surface area contributed by atoms with Crippen LogP contribution in [0.1, 0.15) is 13.3 Å². The van der Waals surface area contributed by atoms with Gasteiger partial charge in [0.25, 0.3) is 10.1 Å². The van der Waals surface area contributed by atoms with Gasteiger partial charge >= 0.3 is 5.97 Å². The Kier molecular flexibility index (Phi) is 11.8. The molecular weight excluding hydrogens is 364 g/mol. The van der Waals surface area contributed by atoms with Gasteiger partial charge in [-0.15, -0.1) is 0 Å². The van der Waals surface area contributed by atoms with Crippen LogP contribution in [0.3, 0.4) is 0 Å². The first kappa shape index (κ1) is 22.5. The summed E-state index contributed by atoms with van der Waals surface area (Å²) in [5.74, 6) is -0.279. The molecule has 8 nitrogen and oxygen atoms in total. The van der Waals surface area contributed by atoms with Gasteiger partial charge in [0, 0.05) is 0 Å². The lowest BCUT2D eigenvalue weighted by atomic mass is 10.4. The molecule has 0 unspecified atom stereocenters. The van der Waals surface area contributed by atoms with Crippen LogP contribution < -0.4 is 0 Å². The predicted octanol–water partition coefficient (Wildman–Crippen LogP) is 1.39. The molecule has 1 rings (SSSR count). The summed E-state index contributed by atoms with van der Waals surface area (Å²) in [5.41, 5.74) is 0. The zero-order valence-corrected chi connectivity index (χ0v) is 15.7. The molecule has 0 saturated carbocycles. The third-order valence-electron chi connectivity index (χ3n) is 3.00. The fourth-order valence-corrected chi connectivity index (χ4v) is 2.70. The van der Waals surface area contributed by atoms with E-state index >= 15 is 0 Å². The van der Waals surface area contributed by atoms with Crippen LogP contribution in [-0.2, 0) is 38.0 Å². The first-order chi connectivity index (χ1) is 12.6. The SMILES string of the molecule is CCOC(=O)CCOCCOCCOCCOS(=O)(=O)c1ccccc1. The van der Waals surface area contributed by atoms with Crippen LogP contribution in [0.2, 0.25) is 0 Å². The molecule has 1 aromatic carbocycles. The zero-order valence-electron chi connectivity index (χ0n) is 14.9. The van der Waals surface area contributed by atoms with Crippen LogP contribution in [0, 0.1) is 0 Å². The summed E-state index contributed by atoms with van der Waals surface area (Å²) in [6, 6.07) is 7.93. The second-order valence-electron chi connectivity index (χ2n) is 4.98. The molecule has 26 heavy (non-hydrogen) atoms. The third-order valence-corrected chi connectivity index (χ3v) is 4.32. The van der Waals surface area contributed by atoms with Crippen molar-refractivity contribution in [3.05, 3.63) is 30.3 Å². The number of rotatable bonds is 15. The smallest absolute Gasteiger partial charge is 0.308 e. The standard InChI is InChI=1S/C17H26O8S/c1-2-24-17(18)8-9-21-10-11-22-12-13-23-14-15-25-26(19,20)16-6-4-3-5-7-16/h3-7H,2,8-15H2,1H3. The first-order valence-corrected chi connectivity index (χ1v) is 9.80. The second-order valence-corrected chi connectivity index (χ2v) is 6.60. The van der Waals surface area contributed by atoms with Crippen LogP contribution in [-0.4, -0.2) is 67.2 Å². The number of hydrogen-bond acceptors (Lipinski definition) is 8. The highest BCUT2D eigenvalue weighted by atomic mass is 32.2. The Morgan fingerprint density at radius 3 is 1.96 bits per heavy atom. The van der Waals surface area contributed by atoms with Crippen molar-refractivity contribution in [2.45, 2.75) is 18.2 Å². The first-order valence-electron chi connectivity index (χ1n) is 8.39. The van der Waals surface area contributed by atoms with E-state index in [0.29, 0.717) is 39.6 Å². The summed E-state index contributed by atoms with van der Waals surface area (Å²) in [6.45, 7) is 3.92. The minimum Gasteiger partial charge on any atom is -0.466 e. The second kappa shape index (κ2) is 13.7. The average Bonchev–Trinajstić information content (AvgIpc) is 2.63. The molecule has 0 N–H and O–H groups in total. The highest BCUT2D eigenvalue weighted by molar-refractivity contribution is 7.86. The summed E-state index contributed by atoms with van der Waals surface area (Å²) in [4.78, 5) is 11.2. The van der Waals surface area contributed by atoms with Crippen LogP contribution in [0.5, 0.6) is 0 Å². The maximum absolute atomic E-state index is 11.8. The molecule has 0 spiro atoms. The maximum atomic E-state index is 11.8. The van der Waals surface area contributed by atoms with E-state index in [2.05, 4.69) is 0 Å². The van der Waals surface area contributed by atoms with Crippen LogP contribution >= 0.6 is 0 Å². The molecule has 0 aliphatic rings. The van der Waals surface area contributed by atoms with Gasteiger partial charge < -0.3 is 18.9 Å². The van der Waals surface area contributed by atoms with E-state index in [1.54, 1.807) is 25.1 Å². The van der Waals surface area contributed by atoms with Crippen LogP contribution in [0.15, 0.2) is 35.2 Å². The van der Waals surface area contributed by atoms with E-state index in [0.717, 1.165) is 0 Å². The molecule has 1 aromatic rings. The van der Waals surface area contributed by atoms with Crippen molar-refractivity contribution < 1.29 is 36.3 Å². The van der Waals surface area contributed by atoms with E-state index in [1.807, 2.05) is 0 Å². The fraction of sp³-hybridized carbons (Fsp3) is 0.588. The van der Waals surface area contributed by atoms with Crippen molar-refractivity contribution in [3.8, 4) is 0 Å². The molecule has 0 atom stereocenters. The molecule has 0 heterocycles. The fourth-order valence-electron chi connectivity index (χ4n) is 1.79. The molecule has 0 bridgehead atoms. The average molecular weight is 390 g/mol. The summed E-state index contributed by atoms with van der Waals surface area (Å²) in [6.07, 6.45) is 0.225. The van der Waals surface area contributed by atoms with Gasteiger partial charge in [0.05, 0.1) is 64.2 Å². The van der Waals surface area contributed by atoms with Gasteiger partial charge in [0.1, 0.15) is 0 Å². The number of carbonyl (C=O) groups is 1. The maximum Gasteiger partial charge on any atom is 0.308 e. The Bertz CT molecular complexity index is 588. The molecule has 0 fully saturated rings. The van der Waals surface area contributed by atoms with Crippen molar-refractivity contribution in [1.29, 1.82) is 0 Å². The summed E-state index contributed by atoms with van der Waals surface area (Å²) in [7, 11) is -3.74. The lowest BCUT2D eigenvalue weighted by Crippen LogP contribution is -2.15. The Hall–Kier alpha value is -1.52. The monoisotopic (exact) mass is 390 g/mol. The highest BCUT2D eigenvalue weighted by Gasteiger charge is 2.13. The van der Waals surface area contributed by atoms with Crippen molar-refractivity contribution in [2.24, 2.45) is 0 Å². The van der Waals surface area contributed by atoms with Crippen LogP contribution in [0.25, 0.3) is 0 Å². The number of ether oxygens (including phenoxy) is 4. The molecule has 0 aromatic heterocycles. The zero-order chi connectivity index (χ0) is 19.1. The molecule has 0 radical (unpaired) electrons. The van der Waals surface area contributed by atoms with Gasteiger partial charge in [-0.05, 0) is 19.1 Å². The van der Waals surface area contributed by atoms with Crippen LogP contribution in [0.4, 0.5) is 0 Å². The molecule has 148 valence electrons. The van der Waals surface area contributed by atoms with Gasteiger partial charge in [-0.3, -0.25) is 8.98 Å². The molecule has 0 saturated heterocycles. The lowest BCUT2D eigenvalue weighted by molar-refractivity contribution is -0.144. The molecule has 0 aliphatic heterocycles. The summed E-state index contributed by atoms with van der Waals surface area (Å²) >= 11 is 0. The van der Waals surface area contributed by atoms with Gasteiger partial charge in [-0.1, -0.05) is 18.2 Å². The predicted molar refractivity (Wildman–Crippen MR) is 93.3 cm³/mol. The lowest BCUT2D eigenvalue weighted by Gasteiger charge is -2.08. The third kappa shape index (κ3) is 10.5. The largest absolute Gasteiger partial charge is 0.466 e. The molecule has 9 heteroatoms. The van der Waals surface area contributed by atoms with Gasteiger partial charge in [0.2, 0.25) is 0 Å². The van der Waals surface area contributed by atoms with E-state index in [-0.39, 0.29) is 30.5 Å². The van der Waals surface area contributed by atoms with Crippen molar-refractivity contribution in [2.75, 3.05) is 52.9 Å². The number of esters is 1. The normalized spacial score (nSPS) is 11.4. The van der Waals surface area contributed by atoms with E-state index in [4.69, 9.17) is 23.1 Å². The van der Waals surface area contributed by atoms with Crippen molar-refractivity contribution in [1.82, 2.24) is 0 Å². The minimum atomic E-state index is -3.74. The molecule has 0 aliphatic carbocycles. The van der Waals surface area contributed by atoms with Crippen molar-refractivity contribution in [3.63, 3.8) is 0 Å². The highest BCUT2D eigenvalue weighted by Crippen LogP contribution is 2.10. The minimum absolute atomic E-state index is 0.0613. The number of hydrogen-bond donors (Lipinski definition) is 0. The molecule has 0 amide bonds. The van der Waals surface area contributed by atoms with Gasteiger partial charge in [-0.2, -0.15) is 8.42 Å². The van der Waals surface area contributed by atoms with Gasteiger partial charge in [-0.25, -0.2) is 0 Å². The summed E-state index contributed by atoms with van der Waals surface area (Å²) in [5, 5.41) is 0. The Labute approximate surface area is 154 Å². The summed E-state index contributed by atoms with van der Waals surface area (Å²) < 4.78 is 49.0. The van der Waals surface area contributed by atoms with Gasteiger partial charge in [0.15, 0.2) is 0 Å². The topological polar surface area (TPSA) is 97.4 Å². The van der Waals surface area contributed by atoms with Crippen molar-refractivity contribution >= 4 is 16.1 Å². The number of benzene rings is 1. The van der Waals surface area contributed by atoms with E-state index < -0.39 is 10.1 Å². The quantitative estimate of drug-likeness (QED) is 0.252. The molecular formula is C17H26O8S. The van der Waals surface area contributed by atoms with E-state index in [1.165, 1.54) is 12.1 Å². The Morgan fingerprint density at radius 1 is 0.846 bits per heavy atom. The number of carbonyl (C=O) groups excluding carboxylic acids is 1. The Morgan fingerprint density at radius 2 is 1.38 bits per heavy atom.